The third kappa shape index (κ3) is 3.05. The number of hydrogen-bond donors (Lipinski definition) is 0. The van der Waals surface area contributed by atoms with Gasteiger partial charge in [0.25, 0.3) is 5.91 Å². The highest BCUT2D eigenvalue weighted by atomic mass is 32.1. The van der Waals surface area contributed by atoms with Crippen molar-refractivity contribution in [2.45, 2.75) is 13.0 Å². The van der Waals surface area contributed by atoms with Crippen molar-refractivity contribution in [2.24, 2.45) is 7.05 Å². The molecule has 1 fully saturated rings. The van der Waals surface area contributed by atoms with Crippen LogP contribution in [-0.4, -0.2) is 39.8 Å². The van der Waals surface area contributed by atoms with Crippen LogP contribution in [-0.2, 0) is 7.05 Å². The monoisotopic (exact) mass is 353 g/mol. The lowest BCUT2D eigenvalue weighted by Crippen LogP contribution is -2.56. The molecular formula is C19H19N3O2S. The van der Waals surface area contributed by atoms with Gasteiger partial charge in [0.15, 0.2) is 0 Å². The van der Waals surface area contributed by atoms with Crippen LogP contribution in [0.25, 0.3) is 10.6 Å². The Morgan fingerprint density at radius 2 is 2.04 bits per heavy atom. The van der Waals surface area contributed by atoms with Crippen LogP contribution in [0.1, 0.15) is 16.1 Å². The summed E-state index contributed by atoms with van der Waals surface area (Å²) in [5, 5.41) is 6.47. The molecule has 0 radical (unpaired) electrons. The third-order valence-electron chi connectivity index (χ3n) is 4.40. The summed E-state index contributed by atoms with van der Waals surface area (Å²) in [7, 11) is 1.81. The summed E-state index contributed by atoms with van der Waals surface area (Å²) in [5.74, 6) is 0.891. The molecule has 0 unspecified atom stereocenters. The van der Waals surface area contributed by atoms with E-state index >= 15 is 0 Å². The zero-order valence-electron chi connectivity index (χ0n) is 14.2. The standard InChI is InChI=1S/C19H19N3O2S/c1-13-6-3-4-7-17(13)24-14-11-22(12-14)19(23)16-10-15(20-21(16)2)18-8-5-9-25-18/h3-10,14H,11-12H2,1-2H3. The predicted octanol–water partition coefficient (Wildman–Crippen LogP) is 3.36. The summed E-state index contributed by atoms with van der Waals surface area (Å²) in [6.07, 6.45) is 0.0510. The first kappa shape index (κ1) is 15.9. The van der Waals surface area contributed by atoms with Gasteiger partial charge in [-0.25, -0.2) is 0 Å². The largest absolute Gasteiger partial charge is 0.486 e. The molecule has 0 N–H and O–H groups in total. The van der Waals surface area contributed by atoms with Crippen molar-refractivity contribution in [2.75, 3.05) is 13.1 Å². The van der Waals surface area contributed by atoms with Gasteiger partial charge in [0.2, 0.25) is 0 Å². The molecule has 1 aliphatic heterocycles. The number of carbonyl (C=O) groups is 1. The summed E-state index contributed by atoms with van der Waals surface area (Å²) < 4.78 is 7.64. The number of rotatable bonds is 4. The van der Waals surface area contributed by atoms with Crippen molar-refractivity contribution in [3.63, 3.8) is 0 Å². The molecule has 3 aromatic rings. The maximum absolute atomic E-state index is 12.7. The van der Waals surface area contributed by atoms with E-state index in [9.17, 15) is 4.79 Å². The van der Waals surface area contributed by atoms with Gasteiger partial charge in [0, 0.05) is 7.05 Å². The van der Waals surface area contributed by atoms with E-state index in [-0.39, 0.29) is 12.0 Å². The Hall–Kier alpha value is -2.60. The van der Waals surface area contributed by atoms with Crippen molar-refractivity contribution < 1.29 is 9.53 Å². The van der Waals surface area contributed by atoms with E-state index in [4.69, 9.17) is 4.74 Å². The quantitative estimate of drug-likeness (QED) is 0.723. The van der Waals surface area contributed by atoms with Gasteiger partial charge in [-0.1, -0.05) is 24.3 Å². The maximum Gasteiger partial charge on any atom is 0.272 e. The molecule has 1 amide bonds. The van der Waals surface area contributed by atoms with Gasteiger partial charge in [0.05, 0.1) is 18.0 Å². The number of aromatic nitrogens is 2. The Balaban J connectivity index is 1.41. The minimum atomic E-state index is 0.00226. The lowest BCUT2D eigenvalue weighted by atomic mass is 10.1. The zero-order valence-corrected chi connectivity index (χ0v) is 15.0. The second-order valence-electron chi connectivity index (χ2n) is 6.23. The summed E-state index contributed by atoms with van der Waals surface area (Å²) in [6.45, 7) is 3.23. The van der Waals surface area contributed by atoms with Gasteiger partial charge in [-0.15, -0.1) is 11.3 Å². The van der Waals surface area contributed by atoms with E-state index in [0.29, 0.717) is 18.8 Å². The van der Waals surface area contributed by atoms with Crippen molar-refractivity contribution in [1.29, 1.82) is 0 Å². The first-order valence-electron chi connectivity index (χ1n) is 8.21. The minimum Gasteiger partial charge on any atom is -0.486 e. The highest BCUT2D eigenvalue weighted by molar-refractivity contribution is 7.13. The Morgan fingerprint density at radius 1 is 1.24 bits per heavy atom. The number of thiophene rings is 1. The van der Waals surface area contributed by atoms with Gasteiger partial charge < -0.3 is 9.64 Å². The van der Waals surface area contributed by atoms with E-state index < -0.39 is 0 Å². The zero-order chi connectivity index (χ0) is 17.4. The molecule has 1 saturated heterocycles. The molecule has 6 heteroatoms. The second-order valence-corrected chi connectivity index (χ2v) is 7.18. The van der Waals surface area contributed by atoms with Crippen LogP contribution in [0.4, 0.5) is 0 Å². The molecule has 4 rings (SSSR count). The minimum absolute atomic E-state index is 0.00226. The molecule has 0 bridgehead atoms. The van der Waals surface area contributed by atoms with Crippen LogP contribution in [0.5, 0.6) is 5.75 Å². The summed E-state index contributed by atoms with van der Waals surface area (Å²) in [4.78, 5) is 15.6. The molecule has 5 nitrogen and oxygen atoms in total. The first-order valence-corrected chi connectivity index (χ1v) is 9.09. The molecule has 1 aromatic carbocycles. The lowest BCUT2D eigenvalue weighted by molar-refractivity contribution is 0.0167. The average molecular weight is 353 g/mol. The normalized spacial score (nSPS) is 14.4. The number of aryl methyl sites for hydroxylation is 2. The van der Waals surface area contributed by atoms with Crippen LogP contribution in [0.2, 0.25) is 0 Å². The maximum atomic E-state index is 12.7. The lowest BCUT2D eigenvalue weighted by Gasteiger charge is -2.39. The molecule has 2 aromatic heterocycles. The van der Waals surface area contributed by atoms with Crippen LogP contribution in [0, 0.1) is 6.92 Å². The van der Waals surface area contributed by atoms with Gasteiger partial charge in [-0.05, 0) is 36.1 Å². The molecule has 128 valence electrons. The van der Waals surface area contributed by atoms with E-state index in [1.54, 1.807) is 20.9 Å². The molecule has 1 aliphatic rings. The van der Waals surface area contributed by atoms with E-state index in [2.05, 4.69) is 5.10 Å². The van der Waals surface area contributed by atoms with Crippen LogP contribution < -0.4 is 4.74 Å². The number of benzene rings is 1. The van der Waals surface area contributed by atoms with Crippen molar-refractivity contribution in [1.82, 2.24) is 14.7 Å². The number of hydrogen-bond acceptors (Lipinski definition) is 4. The Morgan fingerprint density at radius 3 is 2.76 bits per heavy atom. The van der Waals surface area contributed by atoms with E-state index in [1.807, 2.05) is 61.8 Å². The van der Waals surface area contributed by atoms with Gasteiger partial charge in [0.1, 0.15) is 23.2 Å². The van der Waals surface area contributed by atoms with E-state index in [1.165, 1.54) is 0 Å². The van der Waals surface area contributed by atoms with E-state index in [0.717, 1.165) is 21.9 Å². The number of likely N-dealkylation sites (tertiary alicyclic amines) is 1. The highest BCUT2D eigenvalue weighted by Gasteiger charge is 2.34. The molecule has 0 saturated carbocycles. The summed E-state index contributed by atoms with van der Waals surface area (Å²) >= 11 is 1.62. The number of amides is 1. The fourth-order valence-corrected chi connectivity index (χ4v) is 3.60. The first-order chi connectivity index (χ1) is 12.1. The summed E-state index contributed by atoms with van der Waals surface area (Å²) in [5.41, 5.74) is 2.56. The molecular weight excluding hydrogens is 334 g/mol. The number of nitrogens with zero attached hydrogens (tertiary/aromatic N) is 3. The second kappa shape index (κ2) is 6.37. The van der Waals surface area contributed by atoms with Crippen LogP contribution in [0.15, 0.2) is 47.8 Å². The Labute approximate surface area is 150 Å². The Kier molecular flexibility index (Phi) is 4.05. The molecule has 0 aliphatic carbocycles. The molecule has 25 heavy (non-hydrogen) atoms. The summed E-state index contributed by atoms with van der Waals surface area (Å²) in [6, 6.07) is 13.8. The molecule has 3 heterocycles. The number of ether oxygens (including phenoxy) is 1. The van der Waals surface area contributed by atoms with Gasteiger partial charge in [-0.2, -0.15) is 5.10 Å². The van der Waals surface area contributed by atoms with Gasteiger partial charge in [-0.3, -0.25) is 9.48 Å². The van der Waals surface area contributed by atoms with Crippen LogP contribution in [0.3, 0.4) is 0 Å². The molecule has 0 spiro atoms. The van der Waals surface area contributed by atoms with Crippen molar-refractivity contribution in [3.05, 3.63) is 59.1 Å². The third-order valence-corrected chi connectivity index (χ3v) is 5.29. The number of para-hydroxylation sites is 1. The van der Waals surface area contributed by atoms with Gasteiger partial charge >= 0.3 is 0 Å². The average Bonchev–Trinajstić information content (AvgIpc) is 3.21. The Bertz CT molecular complexity index is 895. The molecule has 0 atom stereocenters. The predicted molar refractivity (Wildman–Crippen MR) is 98.0 cm³/mol. The number of carbonyl (C=O) groups excluding carboxylic acids is 1. The fourth-order valence-electron chi connectivity index (χ4n) is 2.92. The van der Waals surface area contributed by atoms with Crippen molar-refractivity contribution >= 4 is 17.2 Å². The van der Waals surface area contributed by atoms with Crippen molar-refractivity contribution in [3.8, 4) is 16.3 Å². The fraction of sp³-hybridized carbons (Fsp3) is 0.263. The smallest absolute Gasteiger partial charge is 0.272 e. The highest BCUT2D eigenvalue weighted by Crippen LogP contribution is 2.26. The topological polar surface area (TPSA) is 47.4 Å². The van der Waals surface area contributed by atoms with Crippen LogP contribution >= 0.6 is 11.3 Å². The SMILES string of the molecule is Cc1ccccc1OC1CN(C(=O)c2cc(-c3cccs3)nn2C)C1.